The van der Waals surface area contributed by atoms with Gasteiger partial charge in [-0.1, -0.05) is 23.2 Å². The number of ether oxygens (including phenoxy) is 1. The summed E-state index contributed by atoms with van der Waals surface area (Å²) in [6.07, 6.45) is 0.178. The van der Waals surface area contributed by atoms with E-state index >= 15 is 0 Å². The van der Waals surface area contributed by atoms with Crippen molar-refractivity contribution in [2.24, 2.45) is 0 Å². The molecule has 6 heteroatoms. The SMILES string of the molecule is CCOC(=O)CC(C)Nc1c(Cl)cc(F)cc1Cl. The largest absolute Gasteiger partial charge is 0.466 e. The lowest BCUT2D eigenvalue weighted by Gasteiger charge is -2.16. The number of benzene rings is 1. The molecule has 1 aromatic rings. The van der Waals surface area contributed by atoms with Gasteiger partial charge in [-0.3, -0.25) is 4.79 Å². The summed E-state index contributed by atoms with van der Waals surface area (Å²) < 4.78 is 17.8. The molecule has 0 saturated carbocycles. The van der Waals surface area contributed by atoms with Crippen LogP contribution in [0.15, 0.2) is 12.1 Å². The number of halogens is 3. The molecule has 100 valence electrons. The third-order valence-corrected chi connectivity index (χ3v) is 2.77. The van der Waals surface area contributed by atoms with Crippen molar-refractivity contribution < 1.29 is 13.9 Å². The maximum Gasteiger partial charge on any atom is 0.307 e. The summed E-state index contributed by atoms with van der Waals surface area (Å²) in [4.78, 5) is 11.3. The van der Waals surface area contributed by atoms with Crippen LogP contribution in [0.25, 0.3) is 0 Å². The van der Waals surface area contributed by atoms with E-state index < -0.39 is 5.82 Å². The Morgan fingerprint density at radius 1 is 1.44 bits per heavy atom. The molecule has 0 bridgehead atoms. The molecule has 18 heavy (non-hydrogen) atoms. The summed E-state index contributed by atoms with van der Waals surface area (Å²) in [5.41, 5.74) is 0.413. The monoisotopic (exact) mass is 293 g/mol. The molecule has 0 saturated heterocycles. The molecule has 3 nitrogen and oxygen atoms in total. The Hall–Kier alpha value is -1.00. The van der Waals surface area contributed by atoms with E-state index in [1.54, 1.807) is 13.8 Å². The number of carbonyl (C=O) groups is 1. The molecule has 1 rings (SSSR count). The Balaban J connectivity index is 2.70. The number of hydrogen-bond donors (Lipinski definition) is 1. The average molecular weight is 294 g/mol. The van der Waals surface area contributed by atoms with E-state index in [9.17, 15) is 9.18 Å². The molecule has 1 unspecified atom stereocenters. The van der Waals surface area contributed by atoms with Crippen molar-refractivity contribution >= 4 is 34.9 Å². The number of esters is 1. The van der Waals surface area contributed by atoms with Gasteiger partial charge in [-0.25, -0.2) is 4.39 Å². The minimum absolute atomic E-state index is 0.177. The number of rotatable bonds is 5. The number of nitrogens with one attached hydrogen (secondary N) is 1. The van der Waals surface area contributed by atoms with Crippen LogP contribution in [-0.2, 0) is 9.53 Å². The van der Waals surface area contributed by atoms with E-state index in [0.29, 0.717) is 12.3 Å². The quantitative estimate of drug-likeness (QED) is 0.837. The van der Waals surface area contributed by atoms with Crippen molar-refractivity contribution in [3.8, 4) is 0 Å². The van der Waals surface area contributed by atoms with Crippen molar-refractivity contribution in [3.05, 3.63) is 28.0 Å². The van der Waals surface area contributed by atoms with Gasteiger partial charge in [0.15, 0.2) is 0 Å². The normalized spacial score (nSPS) is 12.1. The average Bonchev–Trinajstić information content (AvgIpc) is 2.23. The van der Waals surface area contributed by atoms with E-state index in [0.717, 1.165) is 12.1 Å². The first-order valence-electron chi connectivity index (χ1n) is 5.50. The predicted molar refractivity (Wildman–Crippen MR) is 70.8 cm³/mol. The van der Waals surface area contributed by atoms with Crippen LogP contribution in [0.4, 0.5) is 10.1 Å². The first-order chi connectivity index (χ1) is 8.43. The van der Waals surface area contributed by atoms with E-state index in [1.807, 2.05) is 0 Å². The Bertz CT molecular complexity index is 417. The van der Waals surface area contributed by atoms with Crippen LogP contribution in [0.5, 0.6) is 0 Å². The first kappa shape index (κ1) is 15.1. The highest BCUT2D eigenvalue weighted by Gasteiger charge is 2.14. The highest BCUT2D eigenvalue weighted by Crippen LogP contribution is 2.32. The van der Waals surface area contributed by atoms with Gasteiger partial charge in [0.05, 0.1) is 28.8 Å². The minimum Gasteiger partial charge on any atom is -0.466 e. The fourth-order valence-corrected chi connectivity index (χ4v) is 2.02. The topological polar surface area (TPSA) is 38.3 Å². The summed E-state index contributed by atoms with van der Waals surface area (Å²) in [5, 5.41) is 3.32. The van der Waals surface area contributed by atoms with Gasteiger partial charge < -0.3 is 10.1 Å². The van der Waals surface area contributed by atoms with Crippen molar-refractivity contribution in [2.75, 3.05) is 11.9 Å². The van der Waals surface area contributed by atoms with Gasteiger partial charge >= 0.3 is 5.97 Å². The maximum atomic E-state index is 13.0. The molecule has 1 N–H and O–H groups in total. The molecule has 0 heterocycles. The Kier molecular flexibility index (Phi) is 5.69. The zero-order valence-corrected chi connectivity index (χ0v) is 11.6. The van der Waals surface area contributed by atoms with Crippen LogP contribution < -0.4 is 5.32 Å². The molecule has 1 atom stereocenters. The number of anilines is 1. The highest BCUT2D eigenvalue weighted by molar-refractivity contribution is 6.39. The van der Waals surface area contributed by atoms with Crippen LogP contribution in [0.2, 0.25) is 10.0 Å². The molecule has 0 fully saturated rings. The lowest BCUT2D eigenvalue weighted by Crippen LogP contribution is -2.21. The summed E-state index contributed by atoms with van der Waals surface area (Å²) in [6.45, 7) is 3.86. The van der Waals surface area contributed by atoms with E-state index in [2.05, 4.69) is 5.32 Å². The molecule has 0 aromatic heterocycles. The Morgan fingerprint density at radius 3 is 2.50 bits per heavy atom. The summed E-state index contributed by atoms with van der Waals surface area (Å²) >= 11 is 11.7. The molecular weight excluding hydrogens is 280 g/mol. The zero-order chi connectivity index (χ0) is 13.7. The van der Waals surface area contributed by atoms with E-state index in [1.165, 1.54) is 0 Å². The smallest absolute Gasteiger partial charge is 0.307 e. The lowest BCUT2D eigenvalue weighted by molar-refractivity contribution is -0.143. The fraction of sp³-hybridized carbons (Fsp3) is 0.417. The molecule has 0 spiro atoms. The third-order valence-electron chi connectivity index (χ3n) is 2.18. The molecule has 1 aromatic carbocycles. The molecule has 0 amide bonds. The predicted octanol–water partition coefficient (Wildman–Crippen LogP) is 3.89. The summed E-state index contributed by atoms with van der Waals surface area (Å²) in [7, 11) is 0. The Morgan fingerprint density at radius 2 is 2.00 bits per heavy atom. The van der Waals surface area contributed by atoms with Gasteiger partial charge in [0.2, 0.25) is 0 Å². The minimum atomic E-state index is -0.506. The molecule has 0 aliphatic heterocycles. The van der Waals surface area contributed by atoms with Gasteiger partial charge in [0.1, 0.15) is 5.82 Å². The third kappa shape index (κ3) is 4.35. The Labute approximate surface area is 115 Å². The lowest BCUT2D eigenvalue weighted by atomic mass is 10.2. The molecule has 0 aliphatic rings. The number of carbonyl (C=O) groups excluding carboxylic acids is 1. The van der Waals surface area contributed by atoms with Crippen LogP contribution in [0, 0.1) is 5.82 Å². The van der Waals surface area contributed by atoms with Crippen LogP contribution in [0.1, 0.15) is 20.3 Å². The van der Waals surface area contributed by atoms with Crippen LogP contribution >= 0.6 is 23.2 Å². The standard InChI is InChI=1S/C12H14Cl2FNO2/c1-3-18-11(17)4-7(2)16-12-9(13)5-8(15)6-10(12)14/h5-7,16H,3-4H2,1-2H3. The second-order valence-electron chi connectivity index (χ2n) is 3.80. The number of hydrogen-bond acceptors (Lipinski definition) is 3. The van der Waals surface area contributed by atoms with Crippen molar-refractivity contribution in [1.82, 2.24) is 0 Å². The van der Waals surface area contributed by atoms with Crippen LogP contribution in [0.3, 0.4) is 0 Å². The molecule has 0 radical (unpaired) electrons. The molecule has 0 aliphatic carbocycles. The second kappa shape index (κ2) is 6.81. The van der Waals surface area contributed by atoms with Crippen molar-refractivity contribution in [2.45, 2.75) is 26.3 Å². The first-order valence-corrected chi connectivity index (χ1v) is 6.26. The van der Waals surface area contributed by atoms with Gasteiger partial charge in [-0.05, 0) is 26.0 Å². The highest BCUT2D eigenvalue weighted by atomic mass is 35.5. The van der Waals surface area contributed by atoms with Gasteiger partial charge in [0.25, 0.3) is 0 Å². The van der Waals surface area contributed by atoms with Gasteiger partial charge in [-0.2, -0.15) is 0 Å². The molecular formula is C12H14Cl2FNO2. The van der Waals surface area contributed by atoms with E-state index in [-0.39, 0.29) is 28.5 Å². The van der Waals surface area contributed by atoms with Crippen molar-refractivity contribution in [3.63, 3.8) is 0 Å². The van der Waals surface area contributed by atoms with Gasteiger partial charge in [-0.15, -0.1) is 0 Å². The van der Waals surface area contributed by atoms with Crippen molar-refractivity contribution in [1.29, 1.82) is 0 Å². The summed E-state index contributed by atoms with van der Waals surface area (Å²) in [5.74, 6) is -0.819. The zero-order valence-electron chi connectivity index (χ0n) is 10.1. The maximum absolute atomic E-state index is 13.0. The van der Waals surface area contributed by atoms with Gasteiger partial charge in [0, 0.05) is 6.04 Å². The fourth-order valence-electron chi connectivity index (χ4n) is 1.45. The van der Waals surface area contributed by atoms with E-state index in [4.69, 9.17) is 27.9 Å². The summed E-state index contributed by atoms with van der Waals surface area (Å²) in [6, 6.07) is 2.10. The second-order valence-corrected chi connectivity index (χ2v) is 4.61. The van der Waals surface area contributed by atoms with Crippen LogP contribution in [-0.4, -0.2) is 18.6 Å².